The molecule has 0 bridgehead atoms. The fraction of sp³-hybridized carbons (Fsp3) is 0.546. The monoisotopic (exact) mass is 1970 g/mol. The van der Waals surface area contributed by atoms with Gasteiger partial charge in [-0.3, -0.25) is 81.5 Å². The molecular weight excluding hydrogens is 1830 g/mol. The number of hydrogen-bond acceptors (Lipinski definition) is 24. The summed E-state index contributed by atoms with van der Waals surface area (Å²) in [5.74, 6) is -22.6. The molecule has 3 fully saturated rings. The van der Waals surface area contributed by atoms with Gasteiger partial charge in [-0.1, -0.05) is 172 Å². The van der Waals surface area contributed by atoms with Gasteiger partial charge < -0.3 is 127 Å². The molecule has 42 nitrogen and oxygen atoms in total. The Kier molecular flexibility index (Phi) is 43.6. The first kappa shape index (κ1) is 112. The Hall–Kier alpha value is -13.1. The standard InChI is InChI=1S/C97H138N20O22S/c1-50(2)38-68-86(127)104-67(35-37-99)85(126)107-70(39-56-20-13-11-14-21-56)89(130)115-81(53(7)8)96(137)116-82(55(10)118)97(138)112-74(92(133)103-54(9)83(101)124)48-140-49-76(119)117-46-62(100)43-75(117)93(134)110-69(41-58-29-33-63(34-30-58)139-47-78(122)123)87(128)109-73(44-77(120)121)88(129)108-72(42-61-45-102-65-25-18-17-24-64(61)65)91(132)114-80(52(5)6)95(136)111-71(40-57-27-31-60(32-28-57)59-22-15-12-16-23-59)90(131)113-79(51(3)4)94(135)105-66(26-19-36-98)84(125)106-68/h12,15-18,22-25,27-34,45,50-56,62,66-75,79-82,102,118H,11,13-14,19-21,26,35-44,46-49,98-100H2,1-10H3,(H2,101,124)(H,103,133)(H,104,127)(H,105,135)(H,106,125)(H,107,126)(H,108,129)(H,109,128)(H,110,134)(H,111,136)(H,112,138)(H,113,131)(H,114,132)(H,115,130)(H,116,137)(H,120,121)(H,122,123)/t54-,55?,62?,66-,67-,68+,69-,70-,71-,72-,73-,74-,75-,79-,80-,81-,82-/m0/s1. The third-order valence-electron chi connectivity index (χ3n) is 24.6. The lowest BCUT2D eigenvalue weighted by Gasteiger charge is -2.31. The van der Waals surface area contributed by atoms with Gasteiger partial charge in [0.05, 0.1) is 18.3 Å². The molecule has 4 aromatic carbocycles. The highest BCUT2D eigenvalue weighted by Gasteiger charge is 2.44. The van der Waals surface area contributed by atoms with Gasteiger partial charge in [-0.15, -0.1) is 11.8 Å². The van der Waals surface area contributed by atoms with Gasteiger partial charge in [-0.25, -0.2) is 4.79 Å². The number of carbonyl (C=O) groups excluding carboxylic acids is 16. The minimum absolute atomic E-state index is 0.0221. The maximum absolute atomic E-state index is 15.5. The molecular formula is C97H138N20O22S. The van der Waals surface area contributed by atoms with Crippen molar-refractivity contribution in [3.63, 3.8) is 0 Å². The number of nitrogens with zero attached hydrogens (tertiary/aromatic N) is 1. The summed E-state index contributed by atoms with van der Waals surface area (Å²) >= 11 is 0.730. The number of aromatic nitrogens is 1. The third-order valence-corrected chi connectivity index (χ3v) is 25.6. The number of aliphatic hydroxyl groups excluding tert-OH is 1. The third kappa shape index (κ3) is 34.1. The predicted molar refractivity (Wildman–Crippen MR) is 519 cm³/mol. The van der Waals surface area contributed by atoms with Crippen LogP contribution in [0.2, 0.25) is 0 Å². The molecule has 1 aliphatic carbocycles. The number of nitrogens with one attached hydrogen (secondary N) is 15. The Bertz CT molecular complexity index is 5130. The number of carbonyl (C=O) groups is 18. The van der Waals surface area contributed by atoms with Crippen LogP contribution in [-0.2, 0) is 106 Å². The maximum atomic E-state index is 15.5. The Balaban J connectivity index is 1.21. The largest absolute Gasteiger partial charge is 0.482 e. The first-order valence-corrected chi connectivity index (χ1v) is 48.7. The number of carboxylic acid groups (broad SMARTS) is 2. The molecule has 1 saturated carbocycles. The molecule has 43 heteroatoms. The molecule has 2 saturated heterocycles. The molecule has 2 unspecified atom stereocenters. The number of thioether (sulfide) groups is 1. The van der Waals surface area contributed by atoms with E-state index in [-0.39, 0.29) is 94.1 Å². The molecule has 764 valence electrons. The average molecular weight is 1970 g/mol. The van der Waals surface area contributed by atoms with Crippen LogP contribution >= 0.6 is 11.8 Å². The van der Waals surface area contributed by atoms with Crippen LogP contribution in [0.3, 0.4) is 0 Å². The summed E-state index contributed by atoms with van der Waals surface area (Å²) in [6, 6.07) is 4.07. The minimum Gasteiger partial charge on any atom is -0.482 e. The zero-order valence-electron chi connectivity index (χ0n) is 80.7. The number of aliphatic hydroxyl groups is 1. The molecule has 5 aromatic rings. The lowest BCUT2D eigenvalue weighted by Crippen LogP contribution is -2.63. The van der Waals surface area contributed by atoms with Gasteiger partial charge in [0, 0.05) is 54.7 Å². The van der Waals surface area contributed by atoms with Crippen molar-refractivity contribution in [2.75, 3.05) is 37.7 Å². The molecule has 140 heavy (non-hydrogen) atoms. The second-order valence-electron chi connectivity index (χ2n) is 37.5. The number of H-pyrrole nitrogens is 1. The molecule has 3 heterocycles. The second-order valence-corrected chi connectivity index (χ2v) is 38.5. The molecule has 8 rings (SSSR count). The number of aliphatic carboxylic acids is 2. The number of ether oxygens (including phenoxy) is 1. The minimum atomic E-state index is -2.09. The Morgan fingerprint density at radius 3 is 1.49 bits per heavy atom. The summed E-state index contributed by atoms with van der Waals surface area (Å²) in [5, 5.41) is 68.9. The summed E-state index contributed by atoms with van der Waals surface area (Å²) in [5.41, 5.74) is 27.7. The number of fused-ring (bicyclic) bond motifs is 2. The number of nitrogens with two attached hydrogens (primary N) is 4. The molecule has 2 aliphatic heterocycles. The van der Waals surface area contributed by atoms with Crippen LogP contribution < -0.4 is 102 Å². The maximum Gasteiger partial charge on any atom is 0.341 e. The van der Waals surface area contributed by atoms with Crippen LogP contribution in [0.25, 0.3) is 22.0 Å². The Morgan fingerprint density at radius 1 is 0.486 bits per heavy atom. The van der Waals surface area contributed by atoms with Crippen molar-refractivity contribution in [3.05, 3.63) is 126 Å². The van der Waals surface area contributed by atoms with Crippen molar-refractivity contribution >= 4 is 129 Å². The number of carboxylic acids is 2. The summed E-state index contributed by atoms with van der Waals surface area (Å²) in [6.45, 7) is 14.2. The molecule has 16 amide bonds. The Morgan fingerprint density at radius 2 is 0.943 bits per heavy atom. The van der Waals surface area contributed by atoms with Crippen LogP contribution in [0.4, 0.5) is 0 Å². The first-order valence-electron chi connectivity index (χ1n) is 47.5. The van der Waals surface area contributed by atoms with Gasteiger partial charge >= 0.3 is 11.9 Å². The van der Waals surface area contributed by atoms with Crippen LogP contribution in [-0.4, -0.2) is 272 Å². The van der Waals surface area contributed by atoms with E-state index in [1.54, 1.807) is 110 Å². The zero-order valence-corrected chi connectivity index (χ0v) is 81.5. The highest BCUT2D eigenvalue weighted by atomic mass is 32.2. The van der Waals surface area contributed by atoms with E-state index in [0.29, 0.717) is 34.9 Å². The van der Waals surface area contributed by atoms with Gasteiger partial charge in [0.1, 0.15) is 96.4 Å². The van der Waals surface area contributed by atoms with Gasteiger partial charge in [-0.05, 0) is 141 Å². The van der Waals surface area contributed by atoms with Crippen LogP contribution in [0.5, 0.6) is 5.75 Å². The van der Waals surface area contributed by atoms with Crippen molar-refractivity contribution in [1.82, 2.24) is 84.3 Å². The molecule has 3 aliphatic rings. The number of rotatable bonds is 28. The number of hydrogen-bond donors (Lipinski definition) is 22. The number of benzene rings is 4. The Labute approximate surface area is 817 Å². The summed E-state index contributed by atoms with van der Waals surface area (Å²) in [6.07, 6.45) is 0.987. The highest BCUT2D eigenvalue weighted by Crippen LogP contribution is 2.30. The fourth-order valence-corrected chi connectivity index (χ4v) is 17.7. The van der Waals surface area contributed by atoms with Gasteiger partial charge in [0.2, 0.25) is 94.5 Å². The highest BCUT2D eigenvalue weighted by molar-refractivity contribution is 8.00. The summed E-state index contributed by atoms with van der Waals surface area (Å²) < 4.78 is 5.33. The predicted octanol–water partition coefficient (Wildman–Crippen LogP) is -0.779. The van der Waals surface area contributed by atoms with Crippen molar-refractivity contribution < 1.29 is 106 Å². The van der Waals surface area contributed by atoms with Crippen molar-refractivity contribution in [2.45, 2.75) is 268 Å². The van der Waals surface area contributed by atoms with Crippen LogP contribution in [0.1, 0.15) is 163 Å². The van der Waals surface area contributed by atoms with E-state index in [1.807, 2.05) is 30.3 Å². The van der Waals surface area contributed by atoms with E-state index in [1.165, 1.54) is 31.2 Å². The van der Waals surface area contributed by atoms with Gasteiger partial charge in [0.25, 0.3) is 0 Å². The van der Waals surface area contributed by atoms with E-state index >= 15 is 33.6 Å². The van der Waals surface area contributed by atoms with E-state index in [2.05, 4.69) is 79.4 Å². The number of amides is 16. The molecule has 1 aromatic heterocycles. The second kappa shape index (κ2) is 54.4. The van der Waals surface area contributed by atoms with E-state index in [9.17, 15) is 68.1 Å². The van der Waals surface area contributed by atoms with E-state index < -0.39 is 258 Å². The molecule has 26 N–H and O–H groups in total. The lowest BCUT2D eigenvalue weighted by atomic mass is 9.84. The number of primary amides is 1. The van der Waals surface area contributed by atoms with Crippen molar-refractivity contribution in [3.8, 4) is 16.9 Å². The molecule has 0 radical (unpaired) electrons. The topological polar surface area (TPSA) is 669 Å². The van der Waals surface area contributed by atoms with Crippen molar-refractivity contribution in [1.29, 1.82) is 0 Å². The molecule has 0 spiro atoms. The van der Waals surface area contributed by atoms with Crippen molar-refractivity contribution in [2.24, 2.45) is 52.5 Å². The normalized spacial score (nSPS) is 24.9. The average Bonchev–Trinajstić information content (AvgIpc) is 1.70. The lowest BCUT2D eigenvalue weighted by molar-refractivity contribution is -0.142. The quantitative estimate of drug-likeness (QED) is 0.0292. The fourth-order valence-electron chi connectivity index (χ4n) is 16.8. The van der Waals surface area contributed by atoms with E-state index in [0.717, 1.165) is 54.0 Å². The number of para-hydroxylation sites is 1. The van der Waals surface area contributed by atoms with Crippen LogP contribution in [0.15, 0.2) is 109 Å². The molecule has 17 atom stereocenters. The van der Waals surface area contributed by atoms with Gasteiger partial charge in [0.15, 0.2) is 6.61 Å². The SMILES string of the molecule is CC(C)C[C@H]1NC(=O)[C@H](CCCN)NC(=O)[C@H](C(C)C)NC(=O)[C@H](Cc2ccc(-c3ccccc3)cc2)NC(=O)[C@H](C(C)C)NC(=O)[C@H](Cc2c[nH]c3ccccc23)NC(=O)[C@H](CC(=O)O)NC(=O)[C@H](Cc2ccc(OCC(=O)O)cc2)NC(=O)[C@@H]2CC(N)CN2C(=O)CSC[C@@H](C(=O)N[C@@H](C)C(N)=O)NC(=O)[C@H](C(C)O)NC(=O)[C@H](C(C)C)NC(=O)[C@H](CC2CCCCC2)NC(=O)[C@H](CCN)NC1=O. The smallest absolute Gasteiger partial charge is 0.341 e. The first-order chi connectivity index (χ1) is 66.4. The van der Waals surface area contributed by atoms with E-state index in [4.69, 9.17) is 27.7 Å². The van der Waals surface area contributed by atoms with Crippen LogP contribution in [0, 0.1) is 29.6 Å². The zero-order chi connectivity index (χ0) is 103. The summed E-state index contributed by atoms with van der Waals surface area (Å²) in [4.78, 5) is 266. The number of aromatic amines is 1. The summed E-state index contributed by atoms with van der Waals surface area (Å²) in [7, 11) is 0. The van der Waals surface area contributed by atoms with Gasteiger partial charge in [-0.2, -0.15) is 0 Å².